The second-order valence-electron chi connectivity index (χ2n) is 4.65. The molecule has 1 heterocycles. The van der Waals surface area contributed by atoms with Gasteiger partial charge in [0, 0.05) is 17.5 Å². The van der Waals surface area contributed by atoms with E-state index in [1.54, 1.807) is 0 Å². The first kappa shape index (κ1) is 11.9. The lowest BCUT2D eigenvalue weighted by Crippen LogP contribution is -2.41. The van der Waals surface area contributed by atoms with Crippen LogP contribution in [0.15, 0.2) is 18.2 Å². The van der Waals surface area contributed by atoms with Crippen molar-refractivity contribution in [2.45, 2.75) is 25.2 Å². The van der Waals surface area contributed by atoms with Crippen LogP contribution in [0.4, 0.5) is 0 Å². The van der Waals surface area contributed by atoms with Gasteiger partial charge in [-0.25, -0.2) is 0 Å². The number of aryl methyl sites for hydroxylation is 1. The molecule has 0 bridgehead atoms. The molecule has 0 fully saturated rings. The van der Waals surface area contributed by atoms with E-state index >= 15 is 0 Å². The van der Waals surface area contributed by atoms with Crippen LogP contribution in [0.3, 0.4) is 0 Å². The van der Waals surface area contributed by atoms with Crippen molar-refractivity contribution in [2.24, 2.45) is 5.73 Å². The summed E-state index contributed by atoms with van der Waals surface area (Å²) in [6.45, 7) is 2.85. The molecule has 4 heteroatoms. The molecular formula is C13H17NO3. The molecule has 1 unspecified atom stereocenters. The van der Waals surface area contributed by atoms with Crippen molar-refractivity contribution < 1.29 is 14.6 Å². The number of carboxylic acids is 1. The maximum absolute atomic E-state index is 11.0. The number of nitrogens with two attached hydrogens (primary N) is 1. The first-order valence-corrected chi connectivity index (χ1v) is 5.73. The van der Waals surface area contributed by atoms with Gasteiger partial charge in [-0.05, 0) is 25.0 Å². The van der Waals surface area contributed by atoms with Crippen LogP contribution in [-0.2, 0) is 10.2 Å². The first-order valence-electron chi connectivity index (χ1n) is 5.73. The molecule has 0 amide bonds. The minimum Gasteiger partial charge on any atom is -0.493 e. The Morgan fingerprint density at radius 2 is 2.35 bits per heavy atom. The van der Waals surface area contributed by atoms with E-state index in [4.69, 9.17) is 15.6 Å². The second kappa shape index (κ2) is 4.37. The summed E-state index contributed by atoms with van der Waals surface area (Å²) in [5.41, 5.74) is 7.37. The summed E-state index contributed by atoms with van der Waals surface area (Å²) in [5.74, 6) is -0.0353. The molecule has 17 heavy (non-hydrogen) atoms. The molecule has 1 aliphatic rings. The quantitative estimate of drug-likeness (QED) is 0.831. The Kier molecular flexibility index (Phi) is 3.07. The molecule has 1 atom stereocenters. The monoisotopic (exact) mass is 235 g/mol. The van der Waals surface area contributed by atoms with Crippen LogP contribution in [0.2, 0.25) is 0 Å². The van der Waals surface area contributed by atoms with Crippen LogP contribution in [0.25, 0.3) is 0 Å². The summed E-state index contributed by atoms with van der Waals surface area (Å²) >= 11 is 0. The van der Waals surface area contributed by atoms with Gasteiger partial charge >= 0.3 is 5.97 Å². The zero-order chi connectivity index (χ0) is 12.5. The molecule has 0 saturated carbocycles. The summed E-state index contributed by atoms with van der Waals surface area (Å²) in [6.07, 6.45) is 0.717. The van der Waals surface area contributed by atoms with Gasteiger partial charge in [-0.2, -0.15) is 0 Å². The van der Waals surface area contributed by atoms with E-state index in [1.165, 1.54) is 0 Å². The van der Waals surface area contributed by atoms with E-state index in [9.17, 15) is 4.79 Å². The Bertz CT molecular complexity index is 444. The van der Waals surface area contributed by atoms with Crippen molar-refractivity contribution in [1.82, 2.24) is 0 Å². The van der Waals surface area contributed by atoms with E-state index in [1.807, 2.05) is 25.1 Å². The smallest absolute Gasteiger partial charge is 0.304 e. The van der Waals surface area contributed by atoms with E-state index in [0.29, 0.717) is 19.6 Å². The fourth-order valence-electron chi connectivity index (χ4n) is 2.44. The highest BCUT2D eigenvalue weighted by Gasteiger charge is 2.38. The highest BCUT2D eigenvalue weighted by Crippen LogP contribution is 2.41. The van der Waals surface area contributed by atoms with Crippen molar-refractivity contribution in [2.75, 3.05) is 13.2 Å². The summed E-state index contributed by atoms with van der Waals surface area (Å²) in [6, 6.07) is 5.86. The predicted octanol–water partition coefficient (Wildman–Crippen LogP) is 1.45. The lowest BCUT2D eigenvalue weighted by Gasteiger charge is -2.37. The first-order chi connectivity index (χ1) is 8.07. The summed E-state index contributed by atoms with van der Waals surface area (Å²) < 4.78 is 5.59. The Balaban J connectivity index is 2.47. The number of carbonyl (C=O) groups is 1. The lowest BCUT2D eigenvalue weighted by molar-refractivity contribution is -0.138. The fourth-order valence-corrected chi connectivity index (χ4v) is 2.44. The van der Waals surface area contributed by atoms with Crippen LogP contribution in [-0.4, -0.2) is 24.2 Å². The molecule has 1 aliphatic heterocycles. The Morgan fingerprint density at radius 3 is 3.00 bits per heavy atom. The van der Waals surface area contributed by atoms with Crippen LogP contribution < -0.4 is 10.5 Å². The molecule has 1 aromatic rings. The molecule has 0 saturated heterocycles. The van der Waals surface area contributed by atoms with Crippen LogP contribution >= 0.6 is 0 Å². The van der Waals surface area contributed by atoms with Crippen LogP contribution in [0, 0.1) is 6.92 Å². The van der Waals surface area contributed by atoms with Crippen molar-refractivity contribution >= 4 is 5.97 Å². The average molecular weight is 235 g/mol. The largest absolute Gasteiger partial charge is 0.493 e. The van der Waals surface area contributed by atoms with Gasteiger partial charge < -0.3 is 15.6 Å². The number of aliphatic carboxylic acids is 1. The Hall–Kier alpha value is -1.55. The third-order valence-corrected chi connectivity index (χ3v) is 3.43. The molecule has 92 valence electrons. The number of carboxylic acid groups (broad SMARTS) is 1. The highest BCUT2D eigenvalue weighted by molar-refractivity contribution is 5.70. The average Bonchev–Trinajstić information content (AvgIpc) is 2.28. The molecule has 0 spiro atoms. The SMILES string of the molecule is Cc1ccc2c(c1)OCCC2(CN)CC(=O)O. The van der Waals surface area contributed by atoms with Crippen molar-refractivity contribution in [3.05, 3.63) is 29.3 Å². The van der Waals surface area contributed by atoms with Crippen molar-refractivity contribution in [1.29, 1.82) is 0 Å². The molecule has 0 radical (unpaired) electrons. The fraction of sp³-hybridized carbons (Fsp3) is 0.462. The standard InChI is InChI=1S/C13H17NO3/c1-9-2-3-10-11(6-9)17-5-4-13(10,8-14)7-12(15)16/h2-3,6H,4-5,7-8,14H2,1H3,(H,15,16). The molecule has 0 aliphatic carbocycles. The van der Waals surface area contributed by atoms with Crippen LogP contribution in [0.5, 0.6) is 5.75 Å². The van der Waals surface area contributed by atoms with Crippen molar-refractivity contribution in [3.63, 3.8) is 0 Å². The Morgan fingerprint density at radius 1 is 1.59 bits per heavy atom. The number of hydrogen-bond acceptors (Lipinski definition) is 3. The van der Waals surface area contributed by atoms with Crippen LogP contribution in [0.1, 0.15) is 24.0 Å². The minimum atomic E-state index is -0.816. The third kappa shape index (κ3) is 2.13. The number of rotatable bonds is 3. The van der Waals surface area contributed by atoms with Gasteiger partial charge in [0.15, 0.2) is 0 Å². The minimum absolute atomic E-state index is 0.0585. The third-order valence-electron chi connectivity index (χ3n) is 3.43. The van der Waals surface area contributed by atoms with Gasteiger partial charge in [0.2, 0.25) is 0 Å². The van der Waals surface area contributed by atoms with Gasteiger partial charge in [0.1, 0.15) is 5.75 Å². The molecule has 0 aromatic heterocycles. The maximum Gasteiger partial charge on any atom is 0.304 e. The molecule has 4 nitrogen and oxygen atoms in total. The second-order valence-corrected chi connectivity index (χ2v) is 4.65. The van der Waals surface area contributed by atoms with Gasteiger partial charge in [-0.3, -0.25) is 4.79 Å². The Labute approximate surface area is 100 Å². The maximum atomic E-state index is 11.0. The van der Waals surface area contributed by atoms with Gasteiger partial charge in [0.25, 0.3) is 0 Å². The van der Waals surface area contributed by atoms with E-state index < -0.39 is 11.4 Å². The predicted molar refractivity (Wildman–Crippen MR) is 64.3 cm³/mol. The number of fused-ring (bicyclic) bond motifs is 1. The summed E-state index contributed by atoms with van der Waals surface area (Å²) in [7, 11) is 0. The van der Waals surface area contributed by atoms with Gasteiger partial charge in [0.05, 0.1) is 13.0 Å². The van der Waals surface area contributed by atoms with E-state index in [2.05, 4.69) is 0 Å². The number of benzene rings is 1. The topological polar surface area (TPSA) is 72.5 Å². The zero-order valence-corrected chi connectivity index (χ0v) is 9.90. The molecule has 3 N–H and O–H groups in total. The van der Waals surface area contributed by atoms with Gasteiger partial charge in [-0.15, -0.1) is 0 Å². The highest BCUT2D eigenvalue weighted by atomic mass is 16.5. The van der Waals surface area contributed by atoms with E-state index in [-0.39, 0.29) is 6.42 Å². The van der Waals surface area contributed by atoms with Gasteiger partial charge in [-0.1, -0.05) is 12.1 Å². The molecule has 2 rings (SSSR count). The summed E-state index contributed by atoms with van der Waals surface area (Å²) in [4.78, 5) is 11.0. The van der Waals surface area contributed by atoms with Crippen molar-refractivity contribution in [3.8, 4) is 5.75 Å². The number of ether oxygens (including phenoxy) is 1. The summed E-state index contributed by atoms with van der Waals surface area (Å²) in [5, 5.41) is 9.05. The lowest BCUT2D eigenvalue weighted by atomic mass is 9.73. The zero-order valence-electron chi connectivity index (χ0n) is 9.90. The number of hydrogen-bond donors (Lipinski definition) is 2. The molecule has 1 aromatic carbocycles. The normalized spacial score (nSPS) is 22.7. The van der Waals surface area contributed by atoms with E-state index in [0.717, 1.165) is 16.9 Å². The molecular weight excluding hydrogens is 218 g/mol.